The fraction of sp³-hybridized carbons (Fsp3) is 0.594. The van der Waals surface area contributed by atoms with Gasteiger partial charge in [0.1, 0.15) is 6.04 Å². The first kappa shape index (κ1) is 31.8. The van der Waals surface area contributed by atoms with Crippen LogP contribution >= 0.6 is 0 Å². The van der Waals surface area contributed by atoms with Crippen LogP contribution in [0.15, 0.2) is 42.6 Å². The summed E-state index contributed by atoms with van der Waals surface area (Å²) in [4.78, 5) is 32.9. The molecule has 2 aromatic rings. The third-order valence-corrected chi connectivity index (χ3v) is 8.82. The van der Waals surface area contributed by atoms with E-state index >= 15 is 0 Å². The Morgan fingerprint density at radius 2 is 1.69 bits per heavy atom. The summed E-state index contributed by atoms with van der Waals surface area (Å²) in [6.07, 6.45) is -1.45. The molecule has 42 heavy (non-hydrogen) atoms. The van der Waals surface area contributed by atoms with Gasteiger partial charge in [0, 0.05) is 36.2 Å². The molecular weight excluding hydrogens is 547 g/mol. The van der Waals surface area contributed by atoms with Crippen LogP contribution in [0.5, 0.6) is 5.88 Å². The number of halogens is 3. The molecule has 230 valence electrons. The standard InChI is InChI=1S/C32H42F3N3O4/c1-18-12-19(2)14-21(13-18)29(39)38-26(20-10-8-7-9-11-20)25(24(31(3,4)5)27(38)30(40)41)36-16-22-15-23(32(33,34)35)17-37-28(22)42-6/h7-11,15,17-19,21,24-27,36H,12-14,16H2,1-6H3,(H,40,41)/t18?,19?,21?,24-,25-,26-,27-/m0/s1. The van der Waals surface area contributed by atoms with Gasteiger partial charge in [0.05, 0.1) is 18.7 Å². The Morgan fingerprint density at radius 3 is 2.21 bits per heavy atom. The van der Waals surface area contributed by atoms with Gasteiger partial charge in [-0.25, -0.2) is 9.78 Å². The smallest absolute Gasteiger partial charge is 0.417 e. The molecular formula is C32H42F3N3O4. The molecule has 2 heterocycles. The number of hydrogen-bond acceptors (Lipinski definition) is 5. The molecule has 10 heteroatoms. The highest BCUT2D eigenvalue weighted by Crippen LogP contribution is 2.50. The minimum atomic E-state index is -4.59. The summed E-state index contributed by atoms with van der Waals surface area (Å²) >= 11 is 0. The lowest BCUT2D eigenvalue weighted by molar-refractivity contribution is -0.155. The zero-order valence-electron chi connectivity index (χ0n) is 25.1. The van der Waals surface area contributed by atoms with Gasteiger partial charge in [-0.15, -0.1) is 0 Å². The van der Waals surface area contributed by atoms with Gasteiger partial charge in [0.2, 0.25) is 11.8 Å². The van der Waals surface area contributed by atoms with Crippen molar-refractivity contribution in [1.29, 1.82) is 0 Å². The largest absolute Gasteiger partial charge is 0.481 e. The minimum absolute atomic E-state index is 0.0463. The van der Waals surface area contributed by atoms with Gasteiger partial charge in [0.15, 0.2) is 0 Å². The molecule has 1 aliphatic carbocycles. The average Bonchev–Trinajstić information content (AvgIpc) is 3.26. The van der Waals surface area contributed by atoms with Gasteiger partial charge in [-0.3, -0.25) is 4.79 Å². The summed E-state index contributed by atoms with van der Waals surface area (Å²) in [5.74, 6) is -1.40. The van der Waals surface area contributed by atoms with Crippen molar-refractivity contribution in [1.82, 2.24) is 15.2 Å². The average molecular weight is 590 g/mol. The van der Waals surface area contributed by atoms with Crippen molar-refractivity contribution in [3.8, 4) is 5.88 Å². The highest BCUT2D eigenvalue weighted by Gasteiger charge is 2.58. The summed E-state index contributed by atoms with van der Waals surface area (Å²) in [6.45, 7) is 10.0. The molecule has 1 aliphatic heterocycles. The Morgan fingerprint density at radius 1 is 1.07 bits per heavy atom. The molecule has 6 atom stereocenters. The van der Waals surface area contributed by atoms with E-state index in [1.807, 2.05) is 51.1 Å². The predicted molar refractivity (Wildman–Crippen MR) is 152 cm³/mol. The van der Waals surface area contributed by atoms with Crippen LogP contribution in [0.4, 0.5) is 13.2 Å². The van der Waals surface area contributed by atoms with E-state index < -0.39 is 47.2 Å². The normalized spacial score (nSPS) is 28.5. The van der Waals surface area contributed by atoms with Crippen LogP contribution in [0.25, 0.3) is 0 Å². The number of aliphatic carboxylic acids is 1. The van der Waals surface area contributed by atoms with Crippen LogP contribution in [0, 0.1) is 29.1 Å². The Kier molecular flexibility index (Phi) is 9.25. The second kappa shape index (κ2) is 12.2. The lowest BCUT2D eigenvalue weighted by Gasteiger charge is -2.38. The second-order valence-electron chi connectivity index (χ2n) is 13.2. The Labute approximate surface area is 245 Å². The number of benzene rings is 1. The summed E-state index contributed by atoms with van der Waals surface area (Å²) in [5, 5.41) is 14.1. The summed E-state index contributed by atoms with van der Waals surface area (Å²) in [5.41, 5.74) is -0.517. The van der Waals surface area contributed by atoms with Gasteiger partial charge < -0.3 is 20.1 Å². The number of hydrogen-bond donors (Lipinski definition) is 2. The third kappa shape index (κ3) is 6.58. The van der Waals surface area contributed by atoms with E-state index in [4.69, 9.17) is 4.74 Å². The van der Waals surface area contributed by atoms with Gasteiger partial charge in [-0.05, 0) is 48.1 Å². The van der Waals surface area contributed by atoms with Crippen molar-refractivity contribution in [3.05, 3.63) is 59.3 Å². The van der Waals surface area contributed by atoms with Crippen LogP contribution in [0.2, 0.25) is 0 Å². The van der Waals surface area contributed by atoms with E-state index in [1.165, 1.54) is 7.11 Å². The number of carboxylic acids is 1. The van der Waals surface area contributed by atoms with E-state index in [9.17, 15) is 27.9 Å². The number of carbonyl (C=O) groups excluding carboxylic acids is 1. The Balaban J connectivity index is 1.82. The molecule has 1 aromatic heterocycles. The minimum Gasteiger partial charge on any atom is -0.481 e. The first-order valence-corrected chi connectivity index (χ1v) is 14.6. The fourth-order valence-electron chi connectivity index (χ4n) is 7.28. The van der Waals surface area contributed by atoms with E-state index in [-0.39, 0.29) is 29.8 Å². The molecule has 0 radical (unpaired) electrons. The molecule has 2 N–H and O–H groups in total. The van der Waals surface area contributed by atoms with Crippen LogP contribution < -0.4 is 10.1 Å². The van der Waals surface area contributed by atoms with E-state index in [1.54, 1.807) is 4.90 Å². The molecule has 4 rings (SSSR count). The number of methoxy groups -OCH3 is 1. The molecule has 0 spiro atoms. The number of rotatable bonds is 7. The van der Waals surface area contributed by atoms with Crippen molar-refractivity contribution in [2.24, 2.45) is 29.1 Å². The molecule has 1 saturated heterocycles. The number of nitrogens with one attached hydrogen (secondary N) is 1. The number of alkyl halides is 3. The number of carbonyl (C=O) groups is 2. The number of carboxylic acid groups (broad SMARTS) is 1. The van der Waals surface area contributed by atoms with Crippen molar-refractivity contribution in [2.45, 2.75) is 84.7 Å². The van der Waals surface area contributed by atoms with E-state index in [0.29, 0.717) is 24.7 Å². The molecule has 0 bridgehead atoms. The highest BCUT2D eigenvalue weighted by atomic mass is 19.4. The molecule has 2 aliphatic rings. The summed E-state index contributed by atoms with van der Waals surface area (Å²) in [7, 11) is 1.34. The fourth-order valence-corrected chi connectivity index (χ4v) is 7.28. The Hall–Kier alpha value is -3.14. The lowest BCUT2D eigenvalue weighted by atomic mass is 9.72. The Bertz CT molecular complexity index is 1250. The molecule has 7 nitrogen and oxygen atoms in total. The third-order valence-electron chi connectivity index (χ3n) is 8.82. The van der Waals surface area contributed by atoms with Gasteiger partial charge in [-0.1, -0.05) is 65.0 Å². The van der Waals surface area contributed by atoms with Crippen LogP contribution in [-0.4, -0.2) is 46.1 Å². The van der Waals surface area contributed by atoms with Crippen LogP contribution in [0.1, 0.15) is 76.6 Å². The maximum Gasteiger partial charge on any atom is 0.417 e. The molecule has 2 unspecified atom stereocenters. The number of amides is 1. The van der Waals surface area contributed by atoms with E-state index in [2.05, 4.69) is 24.1 Å². The van der Waals surface area contributed by atoms with Crippen molar-refractivity contribution < 1.29 is 32.6 Å². The van der Waals surface area contributed by atoms with E-state index in [0.717, 1.165) is 24.2 Å². The SMILES string of the molecule is COc1ncc(C(F)(F)F)cc1CN[C@H]1[C@H](C(C)(C)C)[C@@H](C(=O)O)N(C(=O)C2CC(C)CC(C)C2)[C@H]1c1ccccc1. The number of likely N-dealkylation sites (tertiary alicyclic amines) is 1. The van der Waals surface area contributed by atoms with Crippen LogP contribution in [-0.2, 0) is 22.3 Å². The number of ether oxygens (including phenoxy) is 1. The van der Waals surface area contributed by atoms with Crippen molar-refractivity contribution in [3.63, 3.8) is 0 Å². The number of nitrogens with zero attached hydrogens (tertiary/aromatic N) is 2. The number of aromatic nitrogens is 1. The first-order chi connectivity index (χ1) is 19.6. The van der Waals surface area contributed by atoms with Gasteiger partial charge in [0.25, 0.3) is 0 Å². The quantitative estimate of drug-likeness (QED) is 0.392. The second-order valence-corrected chi connectivity index (χ2v) is 13.2. The zero-order chi connectivity index (χ0) is 31.0. The lowest BCUT2D eigenvalue weighted by Crippen LogP contribution is -2.49. The van der Waals surface area contributed by atoms with Crippen molar-refractivity contribution in [2.75, 3.05) is 7.11 Å². The topological polar surface area (TPSA) is 91.8 Å². The first-order valence-electron chi connectivity index (χ1n) is 14.6. The maximum absolute atomic E-state index is 14.4. The maximum atomic E-state index is 14.4. The molecule has 1 aromatic carbocycles. The summed E-state index contributed by atoms with van der Waals surface area (Å²) < 4.78 is 45.9. The van der Waals surface area contributed by atoms with Crippen molar-refractivity contribution >= 4 is 11.9 Å². The predicted octanol–water partition coefficient (Wildman–Crippen LogP) is 6.34. The molecule has 2 fully saturated rings. The zero-order valence-corrected chi connectivity index (χ0v) is 25.1. The van der Waals surface area contributed by atoms with Gasteiger partial charge in [-0.2, -0.15) is 13.2 Å². The summed E-state index contributed by atoms with van der Waals surface area (Å²) in [6, 6.07) is 7.93. The monoisotopic (exact) mass is 589 g/mol. The number of pyridine rings is 1. The van der Waals surface area contributed by atoms with Crippen LogP contribution in [0.3, 0.4) is 0 Å². The highest BCUT2D eigenvalue weighted by molar-refractivity contribution is 5.87. The molecule has 1 amide bonds. The molecule has 1 saturated carbocycles. The van der Waals surface area contributed by atoms with Gasteiger partial charge >= 0.3 is 12.1 Å².